The van der Waals surface area contributed by atoms with Gasteiger partial charge >= 0.3 is 0 Å². The molecule has 0 atom stereocenters. The highest BCUT2D eigenvalue weighted by Crippen LogP contribution is 2.17. The second kappa shape index (κ2) is 7.78. The molecule has 7 nitrogen and oxygen atoms in total. The fraction of sp³-hybridized carbons (Fsp3) is 0.250. The fourth-order valence-corrected chi connectivity index (χ4v) is 2.82. The van der Waals surface area contributed by atoms with E-state index < -0.39 is 0 Å². The molecule has 0 spiro atoms. The summed E-state index contributed by atoms with van der Waals surface area (Å²) in [5.74, 6) is 0.889. The maximum absolute atomic E-state index is 12.1. The lowest BCUT2D eigenvalue weighted by atomic mass is 10.1. The number of rotatable bonds is 7. The van der Waals surface area contributed by atoms with E-state index in [0.717, 1.165) is 17.9 Å². The zero-order valence-corrected chi connectivity index (χ0v) is 14.0. The lowest BCUT2D eigenvalue weighted by molar-refractivity contribution is -0.113. The van der Waals surface area contributed by atoms with Gasteiger partial charge in [-0.1, -0.05) is 30.8 Å². The van der Waals surface area contributed by atoms with Crippen molar-refractivity contribution in [1.82, 2.24) is 20.2 Å². The summed E-state index contributed by atoms with van der Waals surface area (Å²) in [6, 6.07) is 11.5. The zero-order chi connectivity index (χ0) is 16.8. The normalized spacial score (nSPS) is 10.7. The van der Waals surface area contributed by atoms with E-state index in [1.54, 1.807) is 10.9 Å². The Kier molecular flexibility index (Phi) is 5.27. The van der Waals surface area contributed by atoms with Gasteiger partial charge in [0.25, 0.3) is 0 Å². The summed E-state index contributed by atoms with van der Waals surface area (Å²) in [6.07, 6.45) is 2.53. The van der Waals surface area contributed by atoms with Crippen molar-refractivity contribution in [3.8, 4) is 0 Å². The van der Waals surface area contributed by atoms with Gasteiger partial charge in [-0.15, -0.1) is 5.10 Å². The Morgan fingerprint density at radius 2 is 2.25 bits per heavy atom. The highest BCUT2D eigenvalue weighted by Gasteiger charge is 2.11. The largest absolute Gasteiger partial charge is 0.467 e. The average Bonchev–Trinajstić information content (AvgIpc) is 3.25. The van der Waals surface area contributed by atoms with Crippen molar-refractivity contribution in [2.24, 2.45) is 0 Å². The number of anilines is 1. The maximum atomic E-state index is 12.1. The number of tetrazole rings is 1. The molecule has 2 aromatic heterocycles. The van der Waals surface area contributed by atoms with Crippen molar-refractivity contribution in [2.75, 3.05) is 11.1 Å². The van der Waals surface area contributed by atoms with Gasteiger partial charge in [0.1, 0.15) is 12.3 Å². The summed E-state index contributed by atoms with van der Waals surface area (Å²) in [7, 11) is 0. The highest BCUT2D eigenvalue weighted by molar-refractivity contribution is 7.99. The molecule has 0 unspecified atom stereocenters. The van der Waals surface area contributed by atoms with E-state index in [4.69, 9.17) is 4.42 Å². The van der Waals surface area contributed by atoms with Gasteiger partial charge in [0.15, 0.2) is 0 Å². The molecule has 0 bridgehead atoms. The van der Waals surface area contributed by atoms with Gasteiger partial charge in [0, 0.05) is 5.69 Å². The molecule has 8 heteroatoms. The van der Waals surface area contributed by atoms with Crippen LogP contribution in [-0.2, 0) is 17.8 Å². The number of carbonyl (C=O) groups is 1. The molecular formula is C16H17N5O2S. The van der Waals surface area contributed by atoms with Gasteiger partial charge in [-0.3, -0.25) is 4.79 Å². The SMILES string of the molecule is CCc1cccc(NC(=O)CSc2nnnn2Cc2ccco2)c1. The second-order valence-electron chi connectivity index (χ2n) is 5.09. The van der Waals surface area contributed by atoms with E-state index in [1.165, 1.54) is 17.3 Å². The Morgan fingerprint density at radius 1 is 1.33 bits per heavy atom. The van der Waals surface area contributed by atoms with E-state index in [2.05, 4.69) is 27.8 Å². The molecule has 1 N–H and O–H groups in total. The first-order valence-electron chi connectivity index (χ1n) is 7.54. The average molecular weight is 343 g/mol. The molecule has 0 radical (unpaired) electrons. The third kappa shape index (κ3) is 4.23. The van der Waals surface area contributed by atoms with Crippen LogP contribution in [0.1, 0.15) is 18.2 Å². The topological polar surface area (TPSA) is 85.8 Å². The lowest BCUT2D eigenvalue weighted by Gasteiger charge is -2.06. The van der Waals surface area contributed by atoms with Crippen LogP contribution in [-0.4, -0.2) is 31.9 Å². The predicted octanol–water partition coefficient (Wildman–Crippen LogP) is 2.61. The molecule has 0 saturated heterocycles. The standard InChI is InChI=1S/C16H17N5O2S/c1-2-12-5-3-6-13(9-12)17-15(22)11-24-16-18-19-20-21(16)10-14-7-4-8-23-14/h3-9H,2,10-11H2,1H3,(H,17,22). The number of hydrogen-bond donors (Lipinski definition) is 1. The van der Waals surface area contributed by atoms with Crippen LogP contribution < -0.4 is 5.32 Å². The number of nitrogens with zero attached hydrogens (tertiary/aromatic N) is 4. The van der Waals surface area contributed by atoms with Crippen molar-refractivity contribution in [3.63, 3.8) is 0 Å². The van der Waals surface area contributed by atoms with Crippen LogP contribution in [0.5, 0.6) is 0 Å². The van der Waals surface area contributed by atoms with Gasteiger partial charge < -0.3 is 9.73 Å². The summed E-state index contributed by atoms with van der Waals surface area (Å²) in [6.45, 7) is 2.51. The van der Waals surface area contributed by atoms with Crippen LogP contribution in [0.15, 0.2) is 52.2 Å². The van der Waals surface area contributed by atoms with E-state index in [0.29, 0.717) is 11.7 Å². The number of benzene rings is 1. The minimum Gasteiger partial charge on any atom is -0.467 e. The van der Waals surface area contributed by atoms with Crippen LogP contribution in [0, 0.1) is 0 Å². The van der Waals surface area contributed by atoms with Gasteiger partial charge in [0.2, 0.25) is 11.1 Å². The predicted molar refractivity (Wildman–Crippen MR) is 90.8 cm³/mol. The van der Waals surface area contributed by atoms with Crippen molar-refractivity contribution < 1.29 is 9.21 Å². The first kappa shape index (κ1) is 16.3. The van der Waals surface area contributed by atoms with Gasteiger partial charge in [-0.25, -0.2) is 4.68 Å². The quantitative estimate of drug-likeness (QED) is 0.664. The number of amides is 1. The molecule has 0 aliphatic carbocycles. The number of nitrogens with one attached hydrogen (secondary N) is 1. The number of carbonyl (C=O) groups excluding carboxylic acids is 1. The first-order chi connectivity index (χ1) is 11.7. The molecule has 0 saturated carbocycles. The Morgan fingerprint density at radius 3 is 3.04 bits per heavy atom. The number of aromatic nitrogens is 4. The Bertz CT molecular complexity index is 800. The summed E-state index contributed by atoms with van der Waals surface area (Å²) in [5, 5.41) is 15.0. The summed E-state index contributed by atoms with van der Waals surface area (Å²) in [4.78, 5) is 12.1. The monoisotopic (exact) mass is 343 g/mol. The smallest absolute Gasteiger partial charge is 0.234 e. The molecular weight excluding hydrogens is 326 g/mol. The van der Waals surface area contributed by atoms with Crippen LogP contribution in [0.25, 0.3) is 0 Å². The van der Waals surface area contributed by atoms with Crippen LogP contribution >= 0.6 is 11.8 Å². The maximum Gasteiger partial charge on any atom is 0.234 e. The summed E-state index contributed by atoms with van der Waals surface area (Å²) < 4.78 is 6.89. The van der Waals surface area contributed by atoms with E-state index in [9.17, 15) is 4.79 Å². The molecule has 0 aliphatic rings. The van der Waals surface area contributed by atoms with Crippen LogP contribution in [0.4, 0.5) is 5.69 Å². The number of aryl methyl sites for hydroxylation is 1. The van der Waals surface area contributed by atoms with E-state index >= 15 is 0 Å². The van der Waals surface area contributed by atoms with Crippen molar-refractivity contribution in [1.29, 1.82) is 0 Å². The van der Waals surface area contributed by atoms with Crippen LogP contribution in [0.3, 0.4) is 0 Å². The molecule has 2 heterocycles. The van der Waals surface area contributed by atoms with Crippen molar-refractivity contribution in [3.05, 3.63) is 54.0 Å². The zero-order valence-electron chi connectivity index (χ0n) is 13.2. The van der Waals surface area contributed by atoms with Gasteiger partial charge in [-0.05, 0) is 46.7 Å². The van der Waals surface area contributed by atoms with E-state index in [-0.39, 0.29) is 11.7 Å². The first-order valence-corrected chi connectivity index (χ1v) is 8.53. The molecule has 1 amide bonds. The Balaban J connectivity index is 1.55. The molecule has 3 aromatic rings. The molecule has 0 aliphatic heterocycles. The number of hydrogen-bond acceptors (Lipinski definition) is 6. The number of furan rings is 1. The Hall–Kier alpha value is -2.61. The molecule has 3 rings (SSSR count). The molecule has 124 valence electrons. The Labute approximate surface area is 143 Å². The third-order valence-corrected chi connectivity index (χ3v) is 4.29. The summed E-state index contributed by atoms with van der Waals surface area (Å²) >= 11 is 1.29. The fourth-order valence-electron chi connectivity index (χ4n) is 2.15. The summed E-state index contributed by atoms with van der Waals surface area (Å²) in [5.41, 5.74) is 1.98. The second-order valence-corrected chi connectivity index (χ2v) is 6.03. The molecule has 1 aromatic carbocycles. The lowest BCUT2D eigenvalue weighted by Crippen LogP contribution is -2.15. The van der Waals surface area contributed by atoms with Crippen molar-refractivity contribution >= 4 is 23.4 Å². The van der Waals surface area contributed by atoms with Gasteiger partial charge in [0.05, 0.1) is 12.0 Å². The van der Waals surface area contributed by atoms with E-state index in [1.807, 2.05) is 36.4 Å². The number of thioether (sulfide) groups is 1. The minimum absolute atomic E-state index is 0.0965. The molecule has 24 heavy (non-hydrogen) atoms. The highest BCUT2D eigenvalue weighted by atomic mass is 32.2. The molecule has 0 fully saturated rings. The van der Waals surface area contributed by atoms with Crippen molar-refractivity contribution in [2.45, 2.75) is 25.0 Å². The third-order valence-electron chi connectivity index (χ3n) is 3.34. The van der Waals surface area contributed by atoms with Gasteiger partial charge in [-0.2, -0.15) is 0 Å². The van der Waals surface area contributed by atoms with Crippen LogP contribution in [0.2, 0.25) is 0 Å². The minimum atomic E-state index is -0.0965.